The summed E-state index contributed by atoms with van der Waals surface area (Å²) in [7, 11) is 0. The first-order chi connectivity index (χ1) is 6.83. The number of ether oxygens (including phenoxy) is 2. The fourth-order valence-electron chi connectivity index (χ4n) is 1.37. The number of nitrogens with zero attached hydrogens (tertiary/aromatic N) is 1. The molecule has 1 aliphatic rings. The molecule has 2 heterocycles. The largest absolute Gasteiger partial charge is 0.458 e. The molecule has 2 aromatic rings. The molecule has 0 spiro atoms. The third-order valence-electron chi connectivity index (χ3n) is 1.96. The molecule has 5 heteroatoms. The van der Waals surface area contributed by atoms with Gasteiger partial charge in [0.1, 0.15) is 12.5 Å². The Morgan fingerprint density at radius 2 is 1.86 bits per heavy atom. The van der Waals surface area contributed by atoms with Crippen LogP contribution in [0.1, 0.15) is 0 Å². The molecule has 0 atom stereocenters. The summed E-state index contributed by atoms with van der Waals surface area (Å²) in [4.78, 5) is 6.97. The first kappa shape index (κ1) is 7.70. The van der Waals surface area contributed by atoms with Gasteiger partial charge in [-0.3, -0.25) is 0 Å². The van der Waals surface area contributed by atoms with Crippen LogP contribution in [-0.4, -0.2) is 9.97 Å². The number of benzene rings is 1. The van der Waals surface area contributed by atoms with Gasteiger partial charge < -0.3 is 14.5 Å². The first-order valence-electron chi connectivity index (χ1n) is 4.00. The van der Waals surface area contributed by atoms with Crippen molar-refractivity contribution in [1.29, 1.82) is 0 Å². The Hall–Kier alpha value is -1.68. The van der Waals surface area contributed by atoms with Crippen LogP contribution in [0.3, 0.4) is 0 Å². The average molecular weight is 209 g/mol. The minimum Gasteiger partial charge on any atom is -0.458 e. The van der Waals surface area contributed by atoms with Gasteiger partial charge in [0, 0.05) is 12.1 Å². The molecule has 0 unspecified atom stereocenters. The monoisotopic (exact) mass is 208 g/mol. The lowest BCUT2D eigenvalue weighted by atomic mass is 10.2. The summed E-state index contributed by atoms with van der Waals surface area (Å²) in [5, 5.41) is 0.357. The molecule has 0 fully saturated rings. The van der Waals surface area contributed by atoms with Crippen molar-refractivity contribution in [2.24, 2.45) is 0 Å². The first-order valence-corrected chi connectivity index (χ1v) is 4.38. The van der Waals surface area contributed by atoms with Gasteiger partial charge in [-0.15, -0.1) is 0 Å². The van der Waals surface area contributed by atoms with Crippen LogP contribution in [0.2, 0.25) is 5.28 Å². The van der Waals surface area contributed by atoms with E-state index in [1.165, 1.54) is 12.5 Å². The summed E-state index contributed by atoms with van der Waals surface area (Å²) in [6.07, 6.45) is 2.95. The van der Waals surface area contributed by atoms with Gasteiger partial charge in [-0.2, -0.15) is 0 Å². The number of aromatic amines is 1. The highest BCUT2D eigenvalue weighted by molar-refractivity contribution is 6.29. The lowest BCUT2D eigenvalue weighted by Gasteiger charge is -2.11. The van der Waals surface area contributed by atoms with Crippen molar-refractivity contribution >= 4 is 22.6 Å². The molecule has 0 saturated heterocycles. The Morgan fingerprint density at radius 3 is 2.64 bits per heavy atom. The number of fused-ring (bicyclic) bond motifs is 2. The number of rotatable bonds is 0. The molecule has 0 saturated carbocycles. The number of imidazole rings is 1. The maximum Gasteiger partial charge on any atom is 0.201 e. The summed E-state index contributed by atoms with van der Waals surface area (Å²) in [6.45, 7) is 0. The van der Waals surface area contributed by atoms with E-state index in [4.69, 9.17) is 21.1 Å². The molecule has 0 bridgehead atoms. The quantitative estimate of drug-likeness (QED) is 0.724. The predicted octanol–water partition coefficient (Wildman–Crippen LogP) is 2.46. The van der Waals surface area contributed by atoms with Crippen molar-refractivity contribution in [3.8, 4) is 11.5 Å². The SMILES string of the molecule is Clc1nc2cc3c(cc2[nH]1)OC=CO3. The number of H-pyrrole nitrogens is 1. The van der Waals surface area contributed by atoms with Crippen molar-refractivity contribution in [1.82, 2.24) is 9.97 Å². The second-order valence-electron chi connectivity index (χ2n) is 2.85. The van der Waals surface area contributed by atoms with Crippen LogP contribution in [0.4, 0.5) is 0 Å². The van der Waals surface area contributed by atoms with E-state index in [0.29, 0.717) is 16.8 Å². The maximum atomic E-state index is 5.73. The lowest BCUT2D eigenvalue weighted by Crippen LogP contribution is -1.95. The molecule has 0 radical (unpaired) electrons. The summed E-state index contributed by atoms with van der Waals surface area (Å²) in [5.41, 5.74) is 1.58. The van der Waals surface area contributed by atoms with Crippen molar-refractivity contribution in [3.05, 3.63) is 29.9 Å². The topological polar surface area (TPSA) is 47.1 Å². The van der Waals surface area contributed by atoms with E-state index < -0.39 is 0 Å². The van der Waals surface area contributed by atoms with E-state index in [-0.39, 0.29) is 0 Å². The Labute approximate surface area is 84.1 Å². The number of halogens is 1. The van der Waals surface area contributed by atoms with Crippen molar-refractivity contribution in [2.45, 2.75) is 0 Å². The molecule has 0 amide bonds. The molecule has 3 rings (SSSR count). The van der Waals surface area contributed by atoms with Crippen molar-refractivity contribution < 1.29 is 9.47 Å². The minimum absolute atomic E-state index is 0.357. The van der Waals surface area contributed by atoms with Gasteiger partial charge in [0.25, 0.3) is 0 Å². The van der Waals surface area contributed by atoms with Gasteiger partial charge in [0.15, 0.2) is 11.5 Å². The summed E-state index contributed by atoms with van der Waals surface area (Å²) in [6, 6.07) is 3.57. The van der Waals surface area contributed by atoms with Gasteiger partial charge in [-0.1, -0.05) is 0 Å². The number of aromatic nitrogens is 2. The van der Waals surface area contributed by atoms with Crippen LogP contribution in [0, 0.1) is 0 Å². The highest BCUT2D eigenvalue weighted by Crippen LogP contribution is 2.34. The molecule has 4 nitrogen and oxygen atoms in total. The van der Waals surface area contributed by atoms with Crippen LogP contribution in [0.5, 0.6) is 11.5 Å². The van der Waals surface area contributed by atoms with Crippen molar-refractivity contribution in [2.75, 3.05) is 0 Å². The molecule has 0 aliphatic carbocycles. The highest BCUT2D eigenvalue weighted by Gasteiger charge is 2.11. The Morgan fingerprint density at radius 1 is 1.14 bits per heavy atom. The van der Waals surface area contributed by atoms with Crippen LogP contribution < -0.4 is 9.47 Å². The Balaban J connectivity index is 2.29. The molecule has 1 aromatic carbocycles. The normalized spacial score (nSPS) is 13.5. The van der Waals surface area contributed by atoms with Crippen LogP contribution >= 0.6 is 11.6 Å². The van der Waals surface area contributed by atoms with Gasteiger partial charge >= 0.3 is 0 Å². The zero-order chi connectivity index (χ0) is 9.54. The van der Waals surface area contributed by atoms with E-state index >= 15 is 0 Å². The molecule has 1 N–H and O–H groups in total. The summed E-state index contributed by atoms with van der Waals surface area (Å²) < 4.78 is 10.5. The smallest absolute Gasteiger partial charge is 0.201 e. The van der Waals surface area contributed by atoms with Gasteiger partial charge in [0.2, 0.25) is 5.28 Å². The number of nitrogens with one attached hydrogen (secondary N) is 1. The molecular weight excluding hydrogens is 204 g/mol. The van der Waals surface area contributed by atoms with E-state index in [0.717, 1.165) is 11.0 Å². The van der Waals surface area contributed by atoms with Crippen molar-refractivity contribution in [3.63, 3.8) is 0 Å². The van der Waals surface area contributed by atoms with Crippen LogP contribution in [-0.2, 0) is 0 Å². The molecule has 14 heavy (non-hydrogen) atoms. The Kier molecular flexibility index (Phi) is 1.46. The van der Waals surface area contributed by atoms with E-state index in [1.54, 1.807) is 12.1 Å². The third kappa shape index (κ3) is 1.04. The number of hydrogen-bond donors (Lipinski definition) is 1. The van der Waals surface area contributed by atoms with Gasteiger partial charge in [-0.25, -0.2) is 4.98 Å². The second-order valence-corrected chi connectivity index (χ2v) is 3.21. The summed E-state index contributed by atoms with van der Waals surface area (Å²) >= 11 is 5.73. The van der Waals surface area contributed by atoms with Crippen LogP contribution in [0.15, 0.2) is 24.7 Å². The van der Waals surface area contributed by atoms with E-state index in [1.807, 2.05) is 0 Å². The molecule has 1 aromatic heterocycles. The fourth-order valence-corrected chi connectivity index (χ4v) is 1.57. The highest BCUT2D eigenvalue weighted by atomic mass is 35.5. The second kappa shape index (κ2) is 2.65. The average Bonchev–Trinajstić information content (AvgIpc) is 2.53. The number of hydrogen-bond acceptors (Lipinski definition) is 3. The van der Waals surface area contributed by atoms with E-state index in [2.05, 4.69) is 9.97 Å². The molecule has 1 aliphatic heterocycles. The predicted molar refractivity (Wildman–Crippen MR) is 51.5 cm³/mol. The van der Waals surface area contributed by atoms with E-state index in [9.17, 15) is 0 Å². The zero-order valence-electron chi connectivity index (χ0n) is 6.95. The maximum absolute atomic E-state index is 5.73. The van der Waals surface area contributed by atoms with Gasteiger partial charge in [-0.05, 0) is 11.6 Å². The fraction of sp³-hybridized carbons (Fsp3) is 0. The Bertz CT molecular complexity index is 488. The molecule has 70 valence electrons. The zero-order valence-corrected chi connectivity index (χ0v) is 7.71. The van der Waals surface area contributed by atoms with Crippen LogP contribution in [0.25, 0.3) is 11.0 Å². The summed E-state index contributed by atoms with van der Waals surface area (Å²) in [5.74, 6) is 1.29. The van der Waals surface area contributed by atoms with Gasteiger partial charge in [0.05, 0.1) is 11.0 Å². The third-order valence-corrected chi connectivity index (χ3v) is 2.14. The minimum atomic E-state index is 0.357. The standard InChI is InChI=1S/C9H5ClN2O2/c10-9-11-5-3-7-8(4-6(5)12-9)14-2-1-13-7/h1-4H,(H,11,12). The lowest BCUT2D eigenvalue weighted by molar-refractivity contribution is 0.362. The molecular formula is C9H5ClN2O2.